The zero-order valence-electron chi connectivity index (χ0n) is 12.8. The Balaban J connectivity index is 1.85. The van der Waals surface area contributed by atoms with Crippen LogP contribution in [0.15, 0.2) is 35.7 Å². The molecule has 0 fully saturated rings. The number of amides is 1. The Labute approximate surface area is 133 Å². The highest BCUT2D eigenvalue weighted by Crippen LogP contribution is 2.17. The molecule has 5 nitrogen and oxygen atoms in total. The van der Waals surface area contributed by atoms with E-state index in [0.29, 0.717) is 10.6 Å². The van der Waals surface area contributed by atoms with Gasteiger partial charge < -0.3 is 15.0 Å². The largest absolute Gasteiger partial charge is 0.451 e. The van der Waals surface area contributed by atoms with E-state index in [9.17, 15) is 9.59 Å². The fourth-order valence-electron chi connectivity index (χ4n) is 1.82. The third-order valence-electron chi connectivity index (χ3n) is 3.05. The van der Waals surface area contributed by atoms with Crippen molar-refractivity contribution < 1.29 is 14.3 Å². The predicted octanol–water partition coefficient (Wildman–Crippen LogP) is 2.92. The maximum atomic E-state index is 11.8. The van der Waals surface area contributed by atoms with E-state index in [4.69, 9.17) is 4.74 Å². The number of carbonyl (C=O) groups is 2. The number of thiophene rings is 1. The molecule has 1 N–H and O–H groups in total. The molecule has 0 saturated heterocycles. The molecule has 0 aliphatic heterocycles. The van der Waals surface area contributed by atoms with Crippen LogP contribution in [0.1, 0.15) is 15.2 Å². The molecule has 0 spiro atoms. The topological polar surface area (TPSA) is 58.6 Å². The van der Waals surface area contributed by atoms with Crippen LogP contribution in [0.25, 0.3) is 0 Å². The van der Waals surface area contributed by atoms with Crippen LogP contribution in [-0.2, 0) is 9.53 Å². The van der Waals surface area contributed by atoms with Crippen molar-refractivity contribution in [2.24, 2.45) is 0 Å². The molecule has 0 atom stereocenters. The van der Waals surface area contributed by atoms with Crippen molar-refractivity contribution in [3.63, 3.8) is 0 Å². The first kappa shape index (κ1) is 16.0. The summed E-state index contributed by atoms with van der Waals surface area (Å²) in [5, 5.41) is 4.51. The smallest absolute Gasteiger partial charge is 0.349 e. The fourth-order valence-corrected chi connectivity index (χ4v) is 2.64. The van der Waals surface area contributed by atoms with Gasteiger partial charge in [0, 0.05) is 25.5 Å². The first-order valence-electron chi connectivity index (χ1n) is 6.76. The maximum Gasteiger partial charge on any atom is 0.349 e. The fraction of sp³-hybridized carbons (Fsp3) is 0.250. The second-order valence-corrected chi connectivity index (χ2v) is 5.91. The van der Waals surface area contributed by atoms with Crippen LogP contribution in [0, 0.1) is 6.92 Å². The minimum Gasteiger partial charge on any atom is -0.451 e. The lowest BCUT2D eigenvalue weighted by molar-refractivity contribution is -0.119. The van der Waals surface area contributed by atoms with Crippen molar-refractivity contribution in [2.45, 2.75) is 6.92 Å². The number of esters is 1. The van der Waals surface area contributed by atoms with Crippen LogP contribution in [0.2, 0.25) is 0 Å². The third-order valence-corrected chi connectivity index (χ3v) is 4.05. The molecule has 1 amide bonds. The summed E-state index contributed by atoms with van der Waals surface area (Å²) < 4.78 is 5.01. The van der Waals surface area contributed by atoms with Gasteiger partial charge in [-0.1, -0.05) is 0 Å². The monoisotopic (exact) mass is 318 g/mol. The second-order valence-electron chi connectivity index (χ2n) is 5.00. The molecule has 0 bridgehead atoms. The Bertz CT molecular complexity index is 662. The first-order valence-corrected chi connectivity index (χ1v) is 7.64. The molecule has 2 rings (SSSR count). The Morgan fingerprint density at radius 3 is 2.41 bits per heavy atom. The molecular weight excluding hydrogens is 300 g/mol. The number of carbonyl (C=O) groups excluding carboxylic acids is 2. The van der Waals surface area contributed by atoms with Gasteiger partial charge in [0.25, 0.3) is 5.91 Å². The molecule has 1 aromatic heterocycles. The summed E-state index contributed by atoms with van der Waals surface area (Å²) in [5.41, 5.74) is 2.56. The average Bonchev–Trinajstić information content (AvgIpc) is 2.91. The summed E-state index contributed by atoms with van der Waals surface area (Å²) >= 11 is 1.31. The van der Waals surface area contributed by atoms with Gasteiger partial charge in [0.05, 0.1) is 0 Å². The summed E-state index contributed by atoms with van der Waals surface area (Å²) in [6.45, 7) is 1.53. The van der Waals surface area contributed by atoms with Gasteiger partial charge in [-0.2, -0.15) is 0 Å². The number of hydrogen-bond donors (Lipinski definition) is 1. The van der Waals surface area contributed by atoms with Crippen LogP contribution < -0.4 is 10.2 Å². The molecule has 1 aromatic carbocycles. The number of rotatable bonds is 5. The van der Waals surface area contributed by atoms with E-state index < -0.39 is 5.97 Å². The van der Waals surface area contributed by atoms with Crippen molar-refractivity contribution >= 4 is 34.6 Å². The molecule has 0 aliphatic rings. The van der Waals surface area contributed by atoms with Gasteiger partial charge in [-0.3, -0.25) is 4.79 Å². The molecule has 6 heteroatoms. The van der Waals surface area contributed by atoms with Crippen molar-refractivity contribution in [3.8, 4) is 0 Å². The van der Waals surface area contributed by atoms with Gasteiger partial charge in [0.2, 0.25) is 0 Å². The number of nitrogens with one attached hydrogen (secondary N) is 1. The maximum absolute atomic E-state index is 11.8. The van der Waals surface area contributed by atoms with Gasteiger partial charge in [-0.25, -0.2) is 4.79 Å². The number of aryl methyl sites for hydroxylation is 1. The lowest BCUT2D eigenvalue weighted by Crippen LogP contribution is -2.20. The summed E-state index contributed by atoms with van der Waals surface area (Å²) in [5.74, 6) is -0.828. The normalized spacial score (nSPS) is 10.1. The second kappa shape index (κ2) is 7.09. The summed E-state index contributed by atoms with van der Waals surface area (Å²) in [4.78, 5) is 26.1. The number of benzene rings is 1. The van der Waals surface area contributed by atoms with E-state index in [1.54, 1.807) is 12.1 Å². The molecule has 116 valence electrons. The Morgan fingerprint density at radius 1 is 1.18 bits per heavy atom. The Kier molecular flexibility index (Phi) is 5.16. The molecule has 0 radical (unpaired) electrons. The molecule has 0 aliphatic carbocycles. The SMILES string of the molecule is Cc1ccsc1C(=O)OCC(=O)Nc1ccc(N(C)C)cc1. The van der Waals surface area contributed by atoms with Crippen LogP contribution >= 0.6 is 11.3 Å². The average molecular weight is 318 g/mol. The molecule has 1 heterocycles. The van der Waals surface area contributed by atoms with Gasteiger partial charge in [0.15, 0.2) is 6.61 Å². The Morgan fingerprint density at radius 2 is 1.86 bits per heavy atom. The van der Waals surface area contributed by atoms with Crippen molar-refractivity contribution in [2.75, 3.05) is 30.9 Å². The van der Waals surface area contributed by atoms with E-state index in [1.807, 2.05) is 49.5 Å². The molecule has 22 heavy (non-hydrogen) atoms. The van der Waals surface area contributed by atoms with Gasteiger partial charge in [-0.05, 0) is 48.2 Å². The third kappa shape index (κ3) is 4.08. The van der Waals surface area contributed by atoms with E-state index in [-0.39, 0.29) is 12.5 Å². The zero-order valence-corrected chi connectivity index (χ0v) is 13.6. The predicted molar refractivity (Wildman–Crippen MR) is 88.7 cm³/mol. The molecule has 0 saturated carbocycles. The van der Waals surface area contributed by atoms with E-state index >= 15 is 0 Å². The quantitative estimate of drug-likeness (QED) is 0.861. The lowest BCUT2D eigenvalue weighted by Gasteiger charge is -2.13. The first-order chi connectivity index (χ1) is 10.5. The summed E-state index contributed by atoms with van der Waals surface area (Å²) in [7, 11) is 3.89. The number of ether oxygens (including phenoxy) is 1. The van der Waals surface area contributed by atoms with Gasteiger partial charge >= 0.3 is 5.97 Å². The minimum absolute atomic E-state index is 0.300. The highest BCUT2D eigenvalue weighted by atomic mass is 32.1. The summed E-state index contributed by atoms with van der Waals surface area (Å²) in [6.07, 6.45) is 0. The van der Waals surface area contributed by atoms with Crippen molar-refractivity contribution in [1.82, 2.24) is 0 Å². The zero-order chi connectivity index (χ0) is 16.1. The van der Waals surface area contributed by atoms with Crippen LogP contribution in [0.5, 0.6) is 0 Å². The van der Waals surface area contributed by atoms with E-state index in [2.05, 4.69) is 5.32 Å². The van der Waals surface area contributed by atoms with Gasteiger partial charge in [0.1, 0.15) is 4.88 Å². The van der Waals surface area contributed by atoms with E-state index in [1.165, 1.54) is 11.3 Å². The van der Waals surface area contributed by atoms with Crippen LogP contribution in [0.4, 0.5) is 11.4 Å². The standard InChI is InChI=1S/C16H18N2O3S/c1-11-8-9-22-15(11)16(20)21-10-14(19)17-12-4-6-13(7-5-12)18(2)3/h4-9H,10H2,1-3H3,(H,17,19). The van der Waals surface area contributed by atoms with E-state index in [0.717, 1.165) is 11.3 Å². The van der Waals surface area contributed by atoms with Crippen molar-refractivity contribution in [1.29, 1.82) is 0 Å². The number of anilines is 2. The number of hydrogen-bond acceptors (Lipinski definition) is 5. The van der Waals surface area contributed by atoms with Crippen molar-refractivity contribution in [3.05, 3.63) is 46.2 Å². The highest BCUT2D eigenvalue weighted by molar-refractivity contribution is 7.12. The molecule has 2 aromatic rings. The highest BCUT2D eigenvalue weighted by Gasteiger charge is 2.13. The van der Waals surface area contributed by atoms with Gasteiger partial charge in [-0.15, -0.1) is 11.3 Å². The number of nitrogens with zero attached hydrogens (tertiary/aromatic N) is 1. The molecule has 0 unspecified atom stereocenters. The molecular formula is C16H18N2O3S. The minimum atomic E-state index is -0.467. The Hall–Kier alpha value is -2.34. The van der Waals surface area contributed by atoms with Crippen LogP contribution in [0.3, 0.4) is 0 Å². The lowest BCUT2D eigenvalue weighted by atomic mass is 10.2. The summed E-state index contributed by atoms with van der Waals surface area (Å²) in [6, 6.07) is 9.25. The van der Waals surface area contributed by atoms with Crippen LogP contribution in [-0.4, -0.2) is 32.6 Å².